The molecule has 0 spiro atoms. The van der Waals surface area contributed by atoms with Gasteiger partial charge in [-0.3, -0.25) is 0 Å². The van der Waals surface area contributed by atoms with Crippen LogP contribution >= 0.6 is 0 Å². The molecule has 0 aromatic carbocycles. The minimum absolute atomic E-state index is 0.609. The largest absolute Gasteiger partial charge is 0.498 e. The van der Waals surface area contributed by atoms with Crippen molar-refractivity contribution in [3.63, 3.8) is 0 Å². The van der Waals surface area contributed by atoms with Crippen LogP contribution in [0.3, 0.4) is 0 Å². The Labute approximate surface area is 105 Å². The summed E-state index contributed by atoms with van der Waals surface area (Å²) in [7, 11) is 1.73. The van der Waals surface area contributed by atoms with E-state index in [1.807, 2.05) is 0 Å². The van der Waals surface area contributed by atoms with Gasteiger partial charge in [0.2, 0.25) is 0 Å². The van der Waals surface area contributed by atoms with Gasteiger partial charge in [0.05, 0.1) is 12.4 Å². The summed E-state index contributed by atoms with van der Waals surface area (Å²) in [5.74, 6) is 1.73. The zero-order valence-electron chi connectivity index (χ0n) is 10.9. The van der Waals surface area contributed by atoms with E-state index in [4.69, 9.17) is 15.2 Å². The van der Waals surface area contributed by atoms with Crippen LogP contribution in [0, 0.1) is 5.92 Å². The van der Waals surface area contributed by atoms with Crippen molar-refractivity contribution < 1.29 is 9.47 Å². The molecule has 0 aromatic rings. The fraction of sp³-hybridized carbons (Fsp3) is 0.714. The minimum Gasteiger partial charge on any atom is -0.498 e. The molecule has 0 fully saturated rings. The Morgan fingerprint density at radius 2 is 2.12 bits per heavy atom. The number of hydrogen-bond acceptors (Lipinski definition) is 3. The Hall–Kier alpha value is -0.800. The molecule has 1 unspecified atom stereocenters. The third kappa shape index (κ3) is 6.49. The van der Waals surface area contributed by atoms with Gasteiger partial charge in [0.1, 0.15) is 0 Å². The number of allylic oxidation sites excluding steroid dienone is 4. The van der Waals surface area contributed by atoms with E-state index in [1.54, 1.807) is 7.11 Å². The first kappa shape index (κ1) is 14.3. The Kier molecular flexibility index (Phi) is 7.76. The number of methoxy groups -OCH3 is 1. The van der Waals surface area contributed by atoms with Crippen molar-refractivity contribution in [2.75, 3.05) is 26.9 Å². The van der Waals surface area contributed by atoms with Gasteiger partial charge in [0.15, 0.2) is 0 Å². The summed E-state index contributed by atoms with van der Waals surface area (Å²) in [6.07, 6.45) is 11.9. The number of ether oxygens (including phenoxy) is 2. The van der Waals surface area contributed by atoms with Crippen molar-refractivity contribution in [1.29, 1.82) is 0 Å². The molecule has 0 radical (unpaired) electrons. The van der Waals surface area contributed by atoms with E-state index in [2.05, 4.69) is 18.2 Å². The lowest BCUT2D eigenvalue weighted by atomic mass is 9.94. The highest BCUT2D eigenvalue weighted by Crippen LogP contribution is 2.23. The first-order valence-corrected chi connectivity index (χ1v) is 6.56. The van der Waals surface area contributed by atoms with Crippen LogP contribution in [0.5, 0.6) is 0 Å². The molecule has 0 saturated carbocycles. The highest BCUT2D eigenvalue weighted by atomic mass is 16.5. The molecule has 17 heavy (non-hydrogen) atoms. The zero-order chi connectivity index (χ0) is 12.3. The predicted molar refractivity (Wildman–Crippen MR) is 70.7 cm³/mol. The molecule has 3 nitrogen and oxygen atoms in total. The van der Waals surface area contributed by atoms with Crippen LogP contribution in [0.4, 0.5) is 0 Å². The molecule has 0 saturated heterocycles. The first-order valence-electron chi connectivity index (χ1n) is 6.56. The molecule has 1 atom stereocenters. The fourth-order valence-electron chi connectivity index (χ4n) is 1.95. The van der Waals surface area contributed by atoms with Crippen molar-refractivity contribution >= 4 is 0 Å². The summed E-state index contributed by atoms with van der Waals surface area (Å²) in [6.45, 7) is 2.40. The van der Waals surface area contributed by atoms with Crippen molar-refractivity contribution in [2.45, 2.75) is 32.1 Å². The zero-order valence-corrected chi connectivity index (χ0v) is 10.9. The topological polar surface area (TPSA) is 44.5 Å². The summed E-state index contributed by atoms with van der Waals surface area (Å²) < 4.78 is 10.8. The smallest absolute Gasteiger partial charge is 0.0965 e. The van der Waals surface area contributed by atoms with E-state index in [1.165, 1.54) is 0 Å². The van der Waals surface area contributed by atoms with Crippen LogP contribution in [-0.2, 0) is 9.47 Å². The number of nitrogens with two attached hydrogens (primary N) is 1. The predicted octanol–water partition coefficient (Wildman–Crippen LogP) is 2.63. The third-order valence-corrected chi connectivity index (χ3v) is 2.94. The number of rotatable bonds is 9. The molecule has 1 aliphatic carbocycles. The fourth-order valence-corrected chi connectivity index (χ4v) is 1.95. The second-order valence-electron chi connectivity index (χ2n) is 4.46. The summed E-state index contributed by atoms with van der Waals surface area (Å²) in [5, 5.41) is 0. The number of hydrogen-bond donors (Lipinski definition) is 1. The third-order valence-electron chi connectivity index (χ3n) is 2.94. The Morgan fingerprint density at radius 1 is 1.29 bits per heavy atom. The molecule has 1 rings (SSSR count). The maximum Gasteiger partial charge on any atom is 0.0965 e. The lowest BCUT2D eigenvalue weighted by Crippen LogP contribution is -2.08. The highest BCUT2D eigenvalue weighted by molar-refractivity contribution is 5.15. The van der Waals surface area contributed by atoms with Gasteiger partial charge >= 0.3 is 0 Å². The molecule has 0 bridgehead atoms. The van der Waals surface area contributed by atoms with E-state index < -0.39 is 0 Å². The molecule has 0 aromatic heterocycles. The van der Waals surface area contributed by atoms with Crippen molar-refractivity contribution in [3.8, 4) is 0 Å². The van der Waals surface area contributed by atoms with Gasteiger partial charge in [-0.05, 0) is 44.2 Å². The quantitative estimate of drug-likeness (QED) is 0.629. The van der Waals surface area contributed by atoms with Gasteiger partial charge in [-0.1, -0.05) is 12.2 Å². The normalized spacial score (nSPS) is 19.2. The van der Waals surface area contributed by atoms with Gasteiger partial charge in [-0.2, -0.15) is 0 Å². The van der Waals surface area contributed by atoms with Crippen LogP contribution in [0.15, 0.2) is 24.0 Å². The standard InChI is InChI=1S/C14H25NO2/c1-16-10-2-3-11-17-14-8-4-6-13(12-14)7-5-9-15/h4,6,8,13H,2-3,5,7,9-12,15H2,1H3. The Bertz CT molecular complexity index is 249. The molecule has 98 valence electrons. The van der Waals surface area contributed by atoms with Gasteiger partial charge in [-0.25, -0.2) is 0 Å². The monoisotopic (exact) mass is 239 g/mol. The van der Waals surface area contributed by atoms with Gasteiger partial charge in [-0.15, -0.1) is 0 Å². The summed E-state index contributed by atoms with van der Waals surface area (Å²) >= 11 is 0. The van der Waals surface area contributed by atoms with E-state index >= 15 is 0 Å². The van der Waals surface area contributed by atoms with Gasteiger partial charge < -0.3 is 15.2 Å². The van der Waals surface area contributed by atoms with Crippen LogP contribution in [0.1, 0.15) is 32.1 Å². The van der Waals surface area contributed by atoms with Gasteiger partial charge in [0, 0.05) is 20.1 Å². The SMILES string of the molecule is COCCCCOC1=CC=CC(CCCN)C1. The Balaban J connectivity index is 2.12. The molecule has 0 amide bonds. The molecule has 1 aliphatic rings. The molecule has 0 aliphatic heterocycles. The average molecular weight is 239 g/mol. The van der Waals surface area contributed by atoms with E-state index in [0.29, 0.717) is 5.92 Å². The minimum atomic E-state index is 0.609. The van der Waals surface area contributed by atoms with Crippen LogP contribution in [0.25, 0.3) is 0 Å². The molecular formula is C14H25NO2. The first-order chi connectivity index (χ1) is 8.36. The molecule has 2 N–H and O–H groups in total. The van der Waals surface area contributed by atoms with Crippen molar-refractivity contribution in [1.82, 2.24) is 0 Å². The van der Waals surface area contributed by atoms with Crippen molar-refractivity contribution in [2.24, 2.45) is 11.7 Å². The van der Waals surface area contributed by atoms with E-state index in [-0.39, 0.29) is 0 Å². The molecular weight excluding hydrogens is 214 g/mol. The average Bonchev–Trinajstić information content (AvgIpc) is 2.37. The highest BCUT2D eigenvalue weighted by Gasteiger charge is 2.11. The van der Waals surface area contributed by atoms with E-state index in [0.717, 1.165) is 57.6 Å². The van der Waals surface area contributed by atoms with Gasteiger partial charge in [0.25, 0.3) is 0 Å². The van der Waals surface area contributed by atoms with Crippen LogP contribution in [0.2, 0.25) is 0 Å². The van der Waals surface area contributed by atoms with Crippen molar-refractivity contribution in [3.05, 3.63) is 24.0 Å². The lowest BCUT2D eigenvalue weighted by molar-refractivity contribution is 0.158. The van der Waals surface area contributed by atoms with E-state index in [9.17, 15) is 0 Å². The number of unbranched alkanes of at least 4 members (excludes halogenated alkanes) is 1. The molecule has 0 heterocycles. The second kappa shape index (κ2) is 9.25. The summed E-state index contributed by atoms with van der Waals surface area (Å²) in [4.78, 5) is 0. The maximum atomic E-state index is 5.76. The lowest BCUT2D eigenvalue weighted by Gasteiger charge is -2.18. The Morgan fingerprint density at radius 3 is 2.88 bits per heavy atom. The second-order valence-corrected chi connectivity index (χ2v) is 4.46. The maximum absolute atomic E-state index is 5.76. The van der Waals surface area contributed by atoms with Crippen LogP contribution < -0.4 is 5.73 Å². The summed E-state index contributed by atoms with van der Waals surface area (Å²) in [6, 6.07) is 0. The van der Waals surface area contributed by atoms with Crippen LogP contribution in [-0.4, -0.2) is 26.9 Å². The molecule has 3 heteroatoms. The summed E-state index contributed by atoms with van der Waals surface area (Å²) in [5.41, 5.74) is 5.53.